The number of anilines is 2. The number of likely N-dealkylation sites (N-methyl/N-ethyl adjacent to an activating group) is 1. The Balaban J connectivity index is 2.44. The van der Waals surface area contributed by atoms with Crippen LogP contribution in [0.15, 0.2) is 18.2 Å². The Morgan fingerprint density at radius 3 is 2.47 bits per heavy atom. The summed E-state index contributed by atoms with van der Waals surface area (Å²) in [5.74, 6) is 0. The van der Waals surface area contributed by atoms with Gasteiger partial charge in [0.1, 0.15) is 0 Å². The lowest BCUT2D eigenvalue weighted by atomic mass is 9.86. The van der Waals surface area contributed by atoms with Crippen molar-refractivity contribution in [3.63, 3.8) is 0 Å². The van der Waals surface area contributed by atoms with Gasteiger partial charge in [0, 0.05) is 13.6 Å². The summed E-state index contributed by atoms with van der Waals surface area (Å²) in [6.07, 6.45) is 0. The maximum atomic E-state index is 3.55. The zero-order valence-corrected chi connectivity index (χ0v) is 11.9. The van der Waals surface area contributed by atoms with Crippen LogP contribution >= 0.6 is 0 Å². The monoisotopic (exact) mass is 232 g/mol. The van der Waals surface area contributed by atoms with Crippen LogP contribution in [0.3, 0.4) is 0 Å². The zero-order valence-electron chi connectivity index (χ0n) is 11.9. The first-order chi connectivity index (χ1) is 7.72. The summed E-state index contributed by atoms with van der Waals surface area (Å²) >= 11 is 0. The van der Waals surface area contributed by atoms with Crippen LogP contribution < -0.4 is 10.2 Å². The quantitative estimate of drug-likeness (QED) is 0.735. The minimum Gasteiger partial charge on any atom is -0.381 e. The summed E-state index contributed by atoms with van der Waals surface area (Å²) in [5.41, 5.74) is 4.34. The van der Waals surface area contributed by atoms with Crippen LogP contribution in [-0.4, -0.2) is 19.1 Å². The summed E-state index contributed by atoms with van der Waals surface area (Å²) in [7, 11) is 2.18. The van der Waals surface area contributed by atoms with Crippen LogP contribution in [0.4, 0.5) is 11.4 Å². The molecule has 0 radical (unpaired) electrons. The second-order valence-corrected chi connectivity index (χ2v) is 6.71. The van der Waals surface area contributed by atoms with E-state index < -0.39 is 0 Å². The second-order valence-electron chi connectivity index (χ2n) is 6.71. The minimum atomic E-state index is 0.177. The highest BCUT2D eigenvalue weighted by molar-refractivity contribution is 5.74. The van der Waals surface area contributed by atoms with Crippen LogP contribution in [0.1, 0.15) is 40.2 Å². The van der Waals surface area contributed by atoms with E-state index in [0.29, 0.717) is 0 Å². The van der Waals surface area contributed by atoms with Crippen molar-refractivity contribution in [3.8, 4) is 0 Å². The average molecular weight is 232 g/mol. The van der Waals surface area contributed by atoms with Gasteiger partial charge in [0.25, 0.3) is 0 Å². The first kappa shape index (κ1) is 12.3. The molecule has 0 amide bonds. The topological polar surface area (TPSA) is 15.3 Å². The molecule has 0 fully saturated rings. The molecule has 0 spiro atoms. The van der Waals surface area contributed by atoms with Gasteiger partial charge in [-0.05, 0) is 37.0 Å². The molecule has 0 saturated carbocycles. The number of nitrogens with one attached hydrogen (secondary N) is 1. The molecule has 1 aliphatic rings. The molecule has 2 heteroatoms. The Bertz CT molecular complexity index is 427. The largest absolute Gasteiger partial charge is 0.381 e. The second kappa shape index (κ2) is 3.66. The molecular formula is C15H24N2. The number of benzene rings is 1. The maximum absolute atomic E-state index is 3.55. The molecule has 0 aliphatic carbocycles. The summed E-state index contributed by atoms with van der Waals surface area (Å²) in [6.45, 7) is 12.3. The van der Waals surface area contributed by atoms with Gasteiger partial charge in [0.05, 0.1) is 16.9 Å². The Labute approximate surface area is 105 Å². The van der Waals surface area contributed by atoms with Crippen molar-refractivity contribution in [3.05, 3.63) is 23.8 Å². The van der Waals surface area contributed by atoms with E-state index in [1.807, 2.05) is 0 Å². The van der Waals surface area contributed by atoms with Crippen molar-refractivity contribution < 1.29 is 0 Å². The van der Waals surface area contributed by atoms with Crippen molar-refractivity contribution in [1.82, 2.24) is 0 Å². The fourth-order valence-electron chi connectivity index (χ4n) is 2.19. The van der Waals surface area contributed by atoms with Gasteiger partial charge >= 0.3 is 0 Å². The van der Waals surface area contributed by atoms with Gasteiger partial charge in [-0.15, -0.1) is 0 Å². The molecule has 1 aliphatic heterocycles. The summed E-state index contributed by atoms with van der Waals surface area (Å²) in [5, 5.41) is 3.55. The molecule has 0 atom stereocenters. The van der Waals surface area contributed by atoms with E-state index in [4.69, 9.17) is 0 Å². The summed E-state index contributed by atoms with van der Waals surface area (Å²) in [6, 6.07) is 6.78. The van der Waals surface area contributed by atoms with Crippen LogP contribution in [0, 0.1) is 0 Å². The van der Waals surface area contributed by atoms with Crippen molar-refractivity contribution >= 4 is 11.4 Å². The van der Waals surface area contributed by atoms with Crippen LogP contribution in [0.2, 0.25) is 0 Å². The fraction of sp³-hybridized carbons (Fsp3) is 0.600. The summed E-state index contributed by atoms with van der Waals surface area (Å²) in [4.78, 5) is 2.37. The molecule has 94 valence electrons. The lowest BCUT2D eigenvalue weighted by Crippen LogP contribution is -2.50. The zero-order chi connectivity index (χ0) is 12.8. The van der Waals surface area contributed by atoms with E-state index in [2.05, 4.69) is 70.1 Å². The highest BCUT2D eigenvalue weighted by Crippen LogP contribution is 2.37. The SMILES string of the molecule is CN1c2ccc(C(C)(C)C)cc2NCC1(C)C. The van der Waals surface area contributed by atoms with Gasteiger partial charge in [-0.1, -0.05) is 26.8 Å². The van der Waals surface area contributed by atoms with E-state index in [1.165, 1.54) is 16.9 Å². The van der Waals surface area contributed by atoms with Gasteiger partial charge in [-0.2, -0.15) is 0 Å². The molecule has 0 bridgehead atoms. The van der Waals surface area contributed by atoms with Crippen molar-refractivity contribution in [2.24, 2.45) is 0 Å². The number of nitrogens with zero attached hydrogens (tertiary/aromatic N) is 1. The minimum absolute atomic E-state index is 0.177. The average Bonchev–Trinajstić information content (AvgIpc) is 2.22. The third kappa shape index (κ3) is 2.13. The Hall–Kier alpha value is -1.18. The number of fused-ring (bicyclic) bond motifs is 1. The first-order valence-electron chi connectivity index (χ1n) is 6.34. The molecule has 1 aromatic carbocycles. The van der Waals surface area contributed by atoms with Gasteiger partial charge in [0.15, 0.2) is 0 Å². The highest BCUT2D eigenvalue weighted by atomic mass is 15.2. The Morgan fingerprint density at radius 2 is 1.88 bits per heavy atom. The molecule has 1 heterocycles. The summed E-state index contributed by atoms with van der Waals surface area (Å²) < 4.78 is 0. The fourth-order valence-corrected chi connectivity index (χ4v) is 2.19. The standard InChI is InChI=1S/C15H24N2/c1-14(2,3)11-7-8-13-12(9-11)16-10-15(4,5)17(13)6/h7-9,16H,10H2,1-6H3. The van der Waals surface area contributed by atoms with E-state index in [0.717, 1.165) is 6.54 Å². The predicted octanol–water partition coefficient (Wildman–Crippen LogP) is 3.62. The number of hydrogen-bond acceptors (Lipinski definition) is 2. The molecule has 1 N–H and O–H groups in total. The van der Waals surface area contributed by atoms with Gasteiger partial charge in [-0.25, -0.2) is 0 Å². The van der Waals surface area contributed by atoms with Crippen molar-refractivity contribution in [1.29, 1.82) is 0 Å². The van der Waals surface area contributed by atoms with E-state index in [-0.39, 0.29) is 11.0 Å². The van der Waals surface area contributed by atoms with Crippen LogP contribution in [0.25, 0.3) is 0 Å². The van der Waals surface area contributed by atoms with Crippen molar-refractivity contribution in [2.75, 3.05) is 23.8 Å². The maximum Gasteiger partial charge on any atom is 0.0604 e. The van der Waals surface area contributed by atoms with Gasteiger partial charge in [0.2, 0.25) is 0 Å². The highest BCUT2D eigenvalue weighted by Gasteiger charge is 2.30. The van der Waals surface area contributed by atoms with Gasteiger partial charge in [-0.3, -0.25) is 0 Å². The molecular weight excluding hydrogens is 208 g/mol. The Morgan fingerprint density at radius 1 is 1.24 bits per heavy atom. The Kier molecular flexibility index (Phi) is 2.64. The third-order valence-corrected chi connectivity index (χ3v) is 3.84. The van der Waals surface area contributed by atoms with E-state index in [9.17, 15) is 0 Å². The molecule has 0 aromatic heterocycles. The third-order valence-electron chi connectivity index (χ3n) is 3.84. The lowest BCUT2D eigenvalue weighted by Gasteiger charge is -2.43. The molecule has 1 aromatic rings. The van der Waals surface area contributed by atoms with Gasteiger partial charge < -0.3 is 10.2 Å². The van der Waals surface area contributed by atoms with E-state index in [1.54, 1.807) is 0 Å². The first-order valence-corrected chi connectivity index (χ1v) is 6.34. The molecule has 0 unspecified atom stereocenters. The molecule has 0 saturated heterocycles. The smallest absolute Gasteiger partial charge is 0.0604 e. The lowest BCUT2D eigenvalue weighted by molar-refractivity contribution is 0.502. The number of rotatable bonds is 0. The number of hydrogen-bond donors (Lipinski definition) is 1. The van der Waals surface area contributed by atoms with Crippen LogP contribution in [-0.2, 0) is 5.41 Å². The van der Waals surface area contributed by atoms with E-state index >= 15 is 0 Å². The van der Waals surface area contributed by atoms with Crippen molar-refractivity contribution in [2.45, 2.75) is 45.6 Å². The predicted molar refractivity (Wildman–Crippen MR) is 76.1 cm³/mol. The molecule has 17 heavy (non-hydrogen) atoms. The normalized spacial score (nSPS) is 18.6. The molecule has 2 rings (SSSR count). The molecule has 2 nitrogen and oxygen atoms in total. The van der Waals surface area contributed by atoms with Crippen LogP contribution in [0.5, 0.6) is 0 Å².